The monoisotopic (exact) mass is 291 g/mol. The molecule has 1 aliphatic rings. The molecule has 5 nitrogen and oxygen atoms in total. The van der Waals surface area contributed by atoms with Crippen LogP contribution in [0, 0.1) is 6.92 Å². The SMILES string of the molecule is Cc1cccc(N2CCNCC2)n1.O=C(O)C(F)(F)F. The number of aryl methyl sites for hydroxylation is 1. The van der Waals surface area contributed by atoms with E-state index in [1.807, 2.05) is 13.0 Å². The molecule has 20 heavy (non-hydrogen) atoms. The number of halogens is 3. The second-order valence-corrected chi connectivity index (χ2v) is 4.18. The van der Waals surface area contributed by atoms with Crippen LogP contribution >= 0.6 is 0 Å². The van der Waals surface area contributed by atoms with Crippen LogP contribution in [0.4, 0.5) is 19.0 Å². The Morgan fingerprint density at radius 3 is 2.35 bits per heavy atom. The molecule has 0 unspecified atom stereocenters. The zero-order valence-corrected chi connectivity index (χ0v) is 10.9. The van der Waals surface area contributed by atoms with Crippen LogP contribution < -0.4 is 10.2 Å². The van der Waals surface area contributed by atoms with Gasteiger partial charge in [-0.05, 0) is 19.1 Å². The van der Waals surface area contributed by atoms with Gasteiger partial charge in [-0.1, -0.05) is 6.07 Å². The number of piperazine rings is 1. The number of nitrogens with one attached hydrogen (secondary N) is 1. The first kappa shape index (κ1) is 16.2. The van der Waals surface area contributed by atoms with Gasteiger partial charge >= 0.3 is 12.1 Å². The molecule has 1 fully saturated rings. The zero-order chi connectivity index (χ0) is 15.2. The van der Waals surface area contributed by atoms with Crippen molar-refractivity contribution < 1.29 is 23.1 Å². The minimum atomic E-state index is -5.08. The zero-order valence-electron chi connectivity index (χ0n) is 10.9. The van der Waals surface area contributed by atoms with Crippen molar-refractivity contribution in [3.63, 3.8) is 0 Å². The first-order valence-electron chi connectivity index (χ1n) is 6.00. The highest BCUT2D eigenvalue weighted by Crippen LogP contribution is 2.13. The Bertz CT molecular complexity index is 446. The maximum absolute atomic E-state index is 10.6. The van der Waals surface area contributed by atoms with Crippen LogP contribution in [0.25, 0.3) is 0 Å². The molecule has 2 rings (SSSR count). The van der Waals surface area contributed by atoms with Gasteiger partial charge in [-0.3, -0.25) is 0 Å². The summed E-state index contributed by atoms with van der Waals surface area (Å²) in [6, 6.07) is 6.18. The maximum Gasteiger partial charge on any atom is 0.490 e. The highest BCUT2D eigenvalue weighted by atomic mass is 19.4. The van der Waals surface area contributed by atoms with Crippen LogP contribution in [0.1, 0.15) is 5.69 Å². The number of carboxylic acids is 1. The standard InChI is InChI=1S/C10H15N3.C2HF3O2/c1-9-3-2-4-10(12-9)13-7-5-11-6-8-13;3-2(4,5)1(6)7/h2-4,11H,5-8H2,1H3;(H,6,7). The fraction of sp³-hybridized carbons (Fsp3) is 0.500. The van der Waals surface area contributed by atoms with Crippen molar-refractivity contribution in [3.8, 4) is 0 Å². The van der Waals surface area contributed by atoms with Crippen molar-refractivity contribution in [2.75, 3.05) is 31.1 Å². The molecule has 0 aromatic carbocycles. The average molecular weight is 291 g/mol. The third-order valence-electron chi connectivity index (χ3n) is 2.56. The number of nitrogens with zero attached hydrogens (tertiary/aromatic N) is 2. The van der Waals surface area contributed by atoms with Crippen molar-refractivity contribution in [2.24, 2.45) is 0 Å². The number of hydrogen-bond donors (Lipinski definition) is 2. The second-order valence-electron chi connectivity index (χ2n) is 4.18. The average Bonchev–Trinajstić information content (AvgIpc) is 2.39. The van der Waals surface area contributed by atoms with Gasteiger partial charge in [0.05, 0.1) is 0 Å². The Hall–Kier alpha value is -1.83. The van der Waals surface area contributed by atoms with Gasteiger partial charge in [0.1, 0.15) is 5.82 Å². The minimum Gasteiger partial charge on any atom is -0.475 e. The Balaban J connectivity index is 0.000000246. The summed E-state index contributed by atoms with van der Waals surface area (Å²) in [5.41, 5.74) is 1.09. The van der Waals surface area contributed by atoms with E-state index in [1.54, 1.807) is 0 Å². The number of anilines is 1. The first-order chi connectivity index (χ1) is 9.30. The molecular formula is C12H16F3N3O2. The molecular weight excluding hydrogens is 275 g/mol. The number of alkyl halides is 3. The summed E-state index contributed by atoms with van der Waals surface area (Å²) in [6.45, 7) is 6.30. The molecule has 112 valence electrons. The summed E-state index contributed by atoms with van der Waals surface area (Å²) >= 11 is 0. The Kier molecular flexibility index (Phi) is 5.75. The summed E-state index contributed by atoms with van der Waals surface area (Å²) in [7, 11) is 0. The predicted molar refractivity (Wildman–Crippen MR) is 67.7 cm³/mol. The van der Waals surface area contributed by atoms with E-state index in [0.29, 0.717) is 0 Å². The van der Waals surface area contributed by atoms with Crippen LogP contribution in [0.2, 0.25) is 0 Å². The maximum atomic E-state index is 10.6. The fourth-order valence-corrected chi connectivity index (χ4v) is 1.60. The summed E-state index contributed by atoms with van der Waals surface area (Å²) in [5, 5.41) is 10.5. The van der Waals surface area contributed by atoms with Crippen molar-refractivity contribution in [2.45, 2.75) is 13.1 Å². The third-order valence-corrected chi connectivity index (χ3v) is 2.56. The van der Waals surface area contributed by atoms with Gasteiger partial charge in [-0.2, -0.15) is 13.2 Å². The van der Waals surface area contributed by atoms with Crippen LogP contribution in [0.15, 0.2) is 18.2 Å². The van der Waals surface area contributed by atoms with E-state index in [4.69, 9.17) is 9.90 Å². The largest absolute Gasteiger partial charge is 0.490 e. The van der Waals surface area contributed by atoms with Gasteiger partial charge < -0.3 is 15.3 Å². The van der Waals surface area contributed by atoms with Gasteiger partial charge in [0.25, 0.3) is 0 Å². The first-order valence-corrected chi connectivity index (χ1v) is 6.00. The molecule has 0 bridgehead atoms. The Morgan fingerprint density at radius 1 is 1.35 bits per heavy atom. The lowest BCUT2D eigenvalue weighted by atomic mass is 10.3. The second kappa shape index (κ2) is 7.09. The van der Waals surface area contributed by atoms with Gasteiger partial charge in [-0.25, -0.2) is 9.78 Å². The lowest BCUT2D eigenvalue weighted by Gasteiger charge is -2.28. The van der Waals surface area contributed by atoms with E-state index in [9.17, 15) is 13.2 Å². The van der Waals surface area contributed by atoms with Crippen LogP contribution in [-0.2, 0) is 4.79 Å². The smallest absolute Gasteiger partial charge is 0.475 e. The van der Waals surface area contributed by atoms with E-state index in [0.717, 1.165) is 37.7 Å². The van der Waals surface area contributed by atoms with E-state index < -0.39 is 12.1 Å². The van der Waals surface area contributed by atoms with Crippen LogP contribution in [0.3, 0.4) is 0 Å². The van der Waals surface area contributed by atoms with E-state index in [-0.39, 0.29) is 0 Å². The van der Waals surface area contributed by atoms with Gasteiger partial charge in [-0.15, -0.1) is 0 Å². The number of carbonyl (C=O) groups is 1. The number of rotatable bonds is 1. The number of aliphatic carboxylic acids is 1. The lowest BCUT2D eigenvalue weighted by molar-refractivity contribution is -0.192. The molecule has 0 aliphatic carbocycles. The van der Waals surface area contributed by atoms with E-state index >= 15 is 0 Å². The minimum absolute atomic E-state index is 1.07. The Morgan fingerprint density at radius 2 is 1.90 bits per heavy atom. The molecule has 0 atom stereocenters. The molecule has 0 spiro atoms. The van der Waals surface area contributed by atoms with Crippen molar-refractivity contribution >= 4 is 11.8 Å². The van der Waals surface area contributed by atoms with Crippen molar-refractivity contribution in [1.29, 1.82) is 0 Å². The van der Waals surface area contributed by atoms with Crippen LogP contribution in [-0.4, -0.2) is 48.4 Å². The van der Waals surface area contributed by atoms with Crippen molar-refractivity contribution in [3.05, 3.63) is 23.9 Å². The van der Waals surface area contributed by atoms with Gasteiger partial charge in [0.2, 0.25) is 0 Å². The summed E-state index contributed by atoms with van der Waals surface area (Å²) in [4.78, 5) is 15.7. The number of aromatic nitrogens is 1. The molecule has 1 aliphatic heterocycles. The molecule has 1 aromatic rings. The van der Waals surface area contributed by atoms with E-state index in [1.165, 1.54) is 0 Å². The van der Waals surface area contributed by atoms with Crippen LogP contribution in [0.5, 0.6) is 0 Å². The normalized spacial score (nSPS) is 15.3. The molecule has 0 saturated carbocycles. The Labute approximate surface area is 114 Å². The fourth-order valence-electron chi connectivity index (χ4n) is 1.60. The third kappa shape index (κ3) is 5.43. The number of carboxylic acid groups (broad SMARTS) is 1. The van der Waals surface area contributed by atoms with Crippen molar-refractivity contribution in [1.82, 2.24) is 10.3 Å². The topological polar surface area (TPSA) is 65.5 Å². The molecule has 0 radical (unpaired) electrons. The quantitative estimate of drug-likeness (QED) is 0.819. The molecule has 0 amide bonds. The summed E-state index contributed by atoms with van der Waals surface area (Å²) in [6.07, 6.45) is -5.08. The molecule has 1 aromatic heterocycles. The summed E-state index contributed by atoms with van der Waals surface area (Å²) < 4.78 is 31.7. The van der Waals surface area contributed by atoms with Gasteiger partial charge in [0.15, 0.2) is 0 Å². The molecule has 2 heterocycles. The van der Waals surface area contributed by atoms with Gasteiger partial charge in [0, 0.05) is 31.9 Å². The highest BCUT2D eigenvalue weighted by Gasteiger charge is 2.38. The highest BCUT2D eigenvalue weighted by molar-refractivity contribution is 5.73. The lowest BCUT2D eigenvalue weighted by Crippen LogP contribution is -2.43. The molecule has 1 saturated heterocycles. The predicted octanol–water partition coefficient (Wildman–Crippen LogP) is 1.43. The molecule has 8 heteroatoms. The number of pyridine rings is 1. The summed E-state index contributed by atoms with van der Waals surface area (Å²) in [5.74, 6) is -1.64. The van der Waals surface area contributed by atoms with E-state index in [2.05, 4.69) is 27.3 Å². The number of hydrogen-bond acceptors (Lipinski definition) is 4. The molecule has 2 N–H and O–H groups in total.